The normalized spacial score (nSPS) is 29.6. The molecular formula is C11H11FO3. The summed E-state index contributed by atoms with van der Waals surface area (Å²) in [7, 11) is 0. The largest absolute Gasteiger partial charge is 0.481 e. The van der Waals surface area contributed by atoms with E-state index in [9.17, 15) is 14.3 Å². The number of hydrogen-bond donors (Lipinski definition) is 2. The molecule has 0 spiro atoms. The molecule has 0 aliphatic heterocycles. The molecule has 1 saturated carbocycles. The summed E-state index contributed by atoms with van der Waals surface area (Å²) in [6.45, 7) is 0. The van der Waals surface area contributed by atoms with Crippen molar-refractivity contribution in [2.75, 3.05) is 0 Å². The summed E-state index contributed by atoms with van der Waals surface area (Å²) < 4.78 is 13.0. The first-order chi connectivity index (χ1) is 7.04. The SMILES string of the molecule is O=C(O)[C@]1(c2cccc(F)c2)C[C@H](O)C1. The minimum absolute atomic E-state index is 0.159. The molecule has 2 rings (SSSR count). The molecule has 1 fully saturated rings. The van der Waals surface area contributed by atoms with Gasteiger partial charge in [-0.1, -0.05) is 12.1 Å². The number of carboxylic acids is 1. The second-order valence-electron chi connectivity index (χ2n) is 3.96. The predicted molar refractivity (Wildman–Crippen MR) is 51.0 cm³/mol. The van der Waals surface area contributed by atoms with Crippen molar-refractivity contribution in [2.45, 2.75) is 24.4 Å². The summed E-state index contributed by atoms with van der Waals surface area (Å²) in [5.41, 5.74) is -0.665. The van der Waals surface area contributed by atoms with Crippen LogP contribution in [0.3, 0.4) is 0 Å². The molecule has 0 heterocycles. The summed E-state index contributed by atoms with van der Waals surface area (Å²) in [4.78, 5) is 11.1. The van der Waals surface area contributed by atoms with Crippen molar-refractivity contribution >= 4 is 5.97 Å². The molecule has 1 aromatic carbocycles. The van der Waals surface area contributed by atoms with Crippen molar-refractivity contribution in [3.05, 3.63) is 35.6 Å². The van der Waals surface area contributed by atoms with Crippen molar-refractivity contribution in [3.63, 3.8) is 0 Å². The Bertz CT molecular complexity index is 397. The Labute approximate surface area is 86.2 Å². The van der Waals surface area contributed by atoms with Crippen molar-refractivity contribution in [2.24, 2.45) is 0 Å². The molecule has 0 atom stereocenters. The van der Waals surface area contributed by atoms with Crippen molar-refractivity contribution in [3.8, 4) is 0 Å². The molecule has 3 nitrogen and oxygen atoms in total. The van der Waals surface area contributed by atoms with E-state index in [4.69, 9.17) is 5.11 Å². The molecule has 1 aliphatic rings. The van der Waals surface area contributed by atoms with Gasteiger partial charge in [0.2, 0.25) is 0 Å². The molecule has 15 heavy (non-hydrogen) atoms. The van der Waals surface area contributed by atoms with Crippen molar-refractivity contribution in [1.82, 2.24) is 0 Å². The maximum absolute atomic E-state index is 13.0. The molecule has 2 N–H and O–H groups in total. The molecule has 0 bridgehead atoms. The Balaban J connectivity index is 2.39. The van der Waals surface area contributed by atoms with E-state index in [0.29, 0.717) is 5.56 Å². The fourth-order valence-electron chi connectivity index (χ4n) is 2.06. The van der Waals surface area contributed by atoms with Crippen LogP contribution < -0.4 is 0 Å². The van der Waals surface area contributed by atoms with Crippen LogP contribution in [0.1, 0.15) is 18.4 Å². The van der Waals surface area contributed by atoms with Gasteiger partial charge in [-0.2, -0.15) is 0 Å². The van der Waals surface area contributed by atoms with Gasteiger partial charge in [-0.05, 0) is 30.5 Å². The van der Waals surface area contributed by atoms with Crippen LogP contribution in [0.5, 0.6) is 0 Å². The van der Waals surface area contributed by atoms with Crippen molar-refractivity contribution in [1.29, 1.82) is 0 Å². The molecule has 1 aromatic rings. The van der Waals surface area contributed by atoms with Gasteiger partial charge in [0.15, 0.2) is 0 Å². The highest BCUT2D eigenvalue weighted by Gasteiger charge is 2.51. The zero-order chi connectivity index (χ0) is 11.1. The summed E-state index contributed by atoms with van der Waals surface area (Å²) in [5, 5.41) is 18.3. The first-order valence-corrected chi connectivity index (χ1v) is 4.72. The van der Waals surface area contributed by atoms with Crippen molar-refractivity contribution < 1.29 is 19.4 Å². The second kappa shape index (κ2) is 3.31. The molecule has 0 aromatic heterocycles. The summed E-state index contributed by atoms with van der Waals surface area (Å²) in [6.07, 6.45) is -0.276. The average molecular weight is 210 g/mol. The Morgan fingerprint density at radius 1 is 1.47 bits per heavy atom. The Kier molecular flexibility index (Phi) is 2.23. The van der Waals surface area contributed by atoms with Gasteiger partial charge >= 0.3 is 5.97 Å². The minimum atomic E-state index is -1.10. The molecular weight excluding hydrogens is 199 g/mol. The van der Waals surface area contributed by atoms with E-state index in [2.05, 4.69) is 0 Å². The van der Waals surface area contributed by atoms with Crippen LogP contribution in [0.15, 0.2) is 24.3 Å². The van der Waals surface area contributed by atoms with Crippen LogP contribution >= 0.6 is 0 Å². The predicted octanol–water partition coefficient (Wildman–Crippen LogP) is 1.30. The third-order valence-corrected chi connectivity index (χ3v) is 2.95. The van der Waals surface area contributed by atoms with Gasteiger partial charge < -0.3 is 10.2 Å². The van der Waals surface area contributed by atoms with Gasteiger partial charge in [0.05, 0.1) is 11.5 Å². The van der Waals surface area contributed by atoms with Crippen LogP contribution in [-0.4, -0.2) is 22.3 Å². The standard InChI is InChI=1S/C11H11FO3/c12-8-3-1-2-7(4-8)11(10(14)15)5-9(13)6-11/h1-4,9,13H,5-6H2,(H,14,15)/t9-,11+. The Morgan fingerprint density at radius 3 is 2.60 bits per heavy atom. The summed E-state index contributed by atoms with van der Waals surface area (Å²) >= 11 is 0. The monoisotopic (exact) mass is 210 g/mol. The van der Waals surface area contributed by atoms with Gasteiger partial charge in [0.25, 0.3) is 0 Å². The van der Waals surface area contributed by atoms with E-state index >= 15 is 0 Å². The van der Waals surface area contributed by atoms with Gasteiger partial charge in [0.1, 0.15) is 5.82 Å². The maximum Gasteiger partial charge on any atom is 0.314 e. The zero-order valence-corrected chi connectivity index (χ0v) is 7.98. The highest BCUT2D eigenvalue weighted by Crippen LogP contribution is 2.44. The molecule has 0 saturated heterocycles. The fraction of sp³-hybridized carbons (Fsp3) is 0.364. The highest BCUT2D eigenvalue weighted by atomic mass is 19.1. The fourth-order valence-corrected chi connectivity index (χ4v) is 2.06. The maximum atomic E-state index is 13.0. The average Bonchev–Trinajstić information content (AvgIpc) is 2.12. The molecule has 1 aliphatic carbocycles. The summed E-state index contributed by atoms with van der Waals surface area (Å²) in [6, 6.07) is 5.57. The number of aliphatic hydroxyl groups is 1. The lowest BCUT2D eigenvalue weighted by atomic mass is 9.63. The van der Waals surface area contributed by atoms with Crippen LogP contribution in [0.4, 0.5) is 4.39 Å². The van der Waals surface area contributed by atoms with E-state index in [1.54, 1.807) is 6.07 Å². The lowest BCUT2D eigenvalue weighted by molar-refractivity contribution is -0.152. The highest BCUT2D eigenvalue weighted by molar-refractivity contribution is 5.83. The van der Waals surface area contributed by atoms with Gasteiger partial charge in [0, 0.05) is 0 Å². The number of hydrogen-bond acceptors (Lipinski definition) is 2. The summed E-state index contributed by atoms with van der Waals surface area (Å²) in [5.74, 6) is -1.45. The molecule has 0 unspecified atom stereocenters. The lowest BCUT2D eigenvalue weighted by Gasteiger charge is -2.42. The zero-order valence-electron chi connectivity index (χ0n) is 7.98. The van der Waals surface area contributed by atoms with E-state index < -0.39 is 23.3 Å². The van der Waals surface area contributed by atoms with Gasteiger partial charge in [-0.15, -0.1) is 0 Å². The lowest BCUT2D eigenvalue weighted by Crippen LogP contribution is -2.50. The number of benzene rings is 1. The van der Waals surface area contributed by atoms with E-state index in [1.165, 1.54) is 18.2 Å². The third kappa shape index (κ3) is 1.51. The number of aliphatic carboxylic acids is 1. The Morgan fingerprint density at radius 2 is 2.13 bits per heavy atom. The van der Waals surface area contributed by atoms with Crippen LogP contribution in [-0.2, 0) is 10.2 Å². The minimum Gasteiger partial charge on any atom is -0.481 e. The van der Waals surface area contributed by atoms with E-state index in [-0.39, 0.29) is 12.8 Å². The second-order valence-corrected chi connectivity index (χ2v) is 3.96. The smallest absolute Gasteiger partial charge is 0.314 e. The molecule has 0 radical (unpaired) electrons. The Hall–Kier alpha value is -1.42. The van der Waals surface area contributed by atoms with E-state index in [0.717, 1.165) is 0 Å². The number of carbonyl (C=O) groups is 1. The van der Waals surface area contributed by atoms with Gasteiger partial charge in [-0.25, -0.2) is 4.39 Å². The number of rotatable bonds is 2. The van der Waals surface area contributed by atoms with Crippen LogP contribution in [0, 0.1) is 5.82 Å². The molecule has 4 heteroatoms. The molecule has 80 valence electrons. The first-order valence-electron chi connectivity index (χ1n) is 4.72. The first kappa shape index (κ1) is 10.1. The number of carboxylic acid groups (broad SMARTS) is 1. The van der Waals surface area contributed by atoms with Gasteiger partial charge in [-0.3, -0.25) is 4.79 Å². The third-order valence-electron chi connectivity index (χ3n) is 2.95. The van der Waals surface area contributed by atoms with E-state index in [1.807, 2.05) is 0 Å². The molecule has 0 amide bonds. The van der Waals surface area contributed by atoms with Crippen LogP contribution in [0.2, 0.25) is 0 Å². The topological polar surface area (TPSA) is 57.5 Å². The quantitative estimate of drug-likeness (QED) is 0.773. The number of halogens is 1. The van der Waals surface area contributed by atoms with Crippen LogP contribution in [0.25, 0.3) is 0 Å². The number of aliphatic hydroxyl groups excluding tert-OH is 1.